The number of aryl methyl sites for hydroxylation is 1. The smallest absolute Gasteiger partial charge is 0.255 e. The first-order valence-corrected chi connectivity index (χ1v) is 10.7. The lowest BCUT2D eigenvalue weighted by Crippen LogP contribution is -2.54. The predicted octanol–water partition coefficient (Wildman–Crippen LogP) is 5.24. The van der Waals surface area contributed by atoms with Crippen molar-refractivity contribution < 1.29 is 9.53 Å². The highest BCUT2D eigenvalue weighted by Gasteiger charge is 2.29. The molecule has 6 nitrogen and oxygen atoms in total. The van der Waals surface area contributed by atoms with Gasteiger partial charge >= 0.3 is 0 Å². The maximum absolute atomic E-state index is 13.0. The van der Waals surface area contributed by atoms with Crippen LogP contribution < -0.4 is 9.64 Å². The number of anilines is 1. The van der Waals surface area contributed by atoms with Crippen LogP contribution in [0.5, 0.6) is 11.6 Å². The van der Waals surface area contributed by atoms with E-state index in [4.69, 9.17) is 27.9 Å². The summed E-state index contributed by atoms with van der Waals surface area (Å²) in [5, 5.41) is 1.16. The van der Waals surface area contributed by atoms with E-state index in [0.717, 1.165) is 11.4 Å². The van der Waals surface area contributed by atoms with Crippen LogP contribution in [0.15, 0.2) is 54.9 Å². The summed E-state index contributed by atoms with van der Waals surface area (Å²) in [6.45, 7) is 5.81. The van der Waals surface area contributed by atoms with E-state index in [-0.39, 0.29) is 11.9 Å². The lowest BCUT2D eigenvalue weighted by Gasteiger charge is -2.40. The molecule has 0 saturated carbocycles. The molecule has 1 saturated heterocycles. The third kappa shape index (κ3) is 4.75. The Morgan fingerprint density at radius 1 is 1.06 bits per heavy atom. The molecule has 1 aromatic heterocycles. The van der Waals surface area contributed by atoms with Crippen molar-refractivity contribution in [1.82, 2.24) is 14.9 Å². The lowest BCUT2D eigenvalue weighted by atomic mass is 10.1. The third-order valence-electron chi connectivity index (χ3n) is 5.30. The van der Waals surface area contributed by atoms with Gasteiger partial charge in [-0.05, 0) is 49.7 Å². The molecule has 1 unspecified atom stereocenters. The van der Waals surface area contributed by atoms with Crippen LogP contribution in [-0.2, 0) is 0 Å². The third-order valence-corrected chi connectivity index (χ3v) is 6.05. The second-order valence-corrected chi connectivity index (χ2v) is 8.32. The van der Waals surface area contributed by atoms with Gasteiger partial charge in [0.1, 0.15) is 17.9 Å². The molecule has 0 N–H and O–H groups in total. The van der Waals surface area contributed by atoms with Gasteiger partial charge in [-0.1, -0.05) is 35.3 Å². The molecule has 3 aromatic rings. The number of amides is 1. The molecule has 2 aromatic carbocycles. The predicted molar refractivity (Wildman–Crippen MR) is 122 cm³/mol. The maximum Gasteiger partial charge on any atom is 0.255 e. The minimum absolute atomic E-state index is 0.00392. The quantitative estimate of drug-likeness (QED) is 0.537. The van der Waals surface area contributed by atoms with Gasteiger partial charge in [-0.25, -0.2) is 9.97 Å². The van der Waals surface area contributed by atoms with Crippen molar-refractivity contribution in [3.8, 4) is 11.6 Å². The topological polar surface area (TPSA) is 58.6 Å². The highest BCUT2D eigenvalue weighted by Crippen LogP contribution is 2.27. The number of carbonyl (C=O) groups excluding carboxylic acids is 1. The summed E-state index contributed by atoms with van der Waals surface area (Å²) < 4.78 is 5.89. The molecule has 0 bridgehead atoms. The monoisotopic (exact) mass is 456 g/mol. The Labute approximate surface area is 191 Å². The summed E-state index contributed by atoms with van der Waals surface area (Å²) in [7, 11) is 0. The zero-order chi connectivity index (χ0) is 22.0. The van der Waals surface area contributed by atoms with E-state index in [1.165, 1.54) is 6.33 Å². The zero-order valence-electron chi connectivity index (χ0n) is 17.3. The fourth-order valence-corrected chi connectivity index (χ4v) is 3.95. The number of piperazine rings is 1. The molecule has 8 heteroatoms. The number of rotatable bonds is 4. The normalized spacial score (nSPS) is 16.3. The number of benzene rings is 2. The highest BCUT2D eigenvalue weighted by atomic mass is 35.5. The van der Waals surface area contributed by atoms with E-state index in [1.807, 2.05) is 43.0 Å². The summed E-state index contributed by atoms with van der Waals surface area (Å²) in [5.74, 6) is 1.82. The minimum atomic E-state index is -0.0532. The number of nitrogens with zero attached hydrogens (tertiary/aromatic N) is 4. The fraction of sp³-hybridized carbons (Fsp3) is 0.261. The summed E-state index contributed by atoms with van der Waals surface area (Å²) in [5.41, 5.74) is 1.46. The van der Waals surface area contributed by atoms with Gasteiger partial charge in [-0.3, -0.25) is 4.79 Å². The van der Waals surface area contributed by atoms with Crippen molar-refractivity contribution in [3.63, 3.8) is 0 Å². The molecule has 0 aliphatic carbocycles. The summed E-state index contributed by atoms with van der Waals surface area (Å²) in [6, 6.07) is 14.4. The highest BCUT2D eigenvalue weighted by molar-refractivity contribution is 6.33. The van der Waals surface area contributed by atoms with Gasteiger partial charge < -0.3 is 14.5 Å². The molecule has 160 valence electrons. The van der Waals surface area contributed by atoms with Crippen molar-refractivity contribution >= 4 is 34.9 Å². The van der Waals surface area contributed by atoms with Gasteiger partial charge in [-0.15, -0.1) is 0 Å². The van der Waals surface area contributed by atoms with E-state index in [0.29, 0.717) is 46.9 Å². The molecule has 0 radical (unpaired) electrons. The molecule has 4 rings (SSSR count). The average molecular weight is 457 g/mol. The second-order valence-electron chi connectivity index (χ2n) is 7.50. The van der Waals surface area contributed by atoms with E-state index in [2.05, 4.69) is 14.9 Å². The molecule has 0 spiro atoms. The van der Waals surface area contributed by atoms with Crippen LogP contribution in [0.3, 0.4) is 0 Å². The van der Waals surface area contributed by atoms with Gasteiger partial charge in [-0.2, -0.15) is 0 Å². The molecule has 1 amide bonds. The molecular formula is C23H22Cl2N4O2. The fourth-order valence-electron chi connectivity index (χ4n) is 3.62. The molecule has 1 aliphatic rings. The molecule has 2 heterocycles. The Morgan fingerprint density at radius 2 is 1.87 bits per heavy atom. The Hall–Kier alpha value is -2.83. The number of hydrogen-bond donors (Lipinski definition) is 0. The van der Waals surface area contributed by atoms with Crippen LogP contribution in [0.4, 0.5) is 5.82 Å². The summed E-state index contributed by atoms with van der Waals surface area (Å²) in [6.07, 6.45) is 1.49. The van der Waals surface area contributed by atoms with E-state index < -0.39 is 0 Å². The van der Waals surface area contributed by atoms with Crippen LogP contribution in [0.25, 0.3) is 0 Å². The second kappa shape index (κ2) is 9.12. The number of ether oxygens (including phenoxy) is 1. The minimum Gasteiger partial charge on any atom is -0.439 e. The van der Waals surface area contributed by atoms with Gasteiger partial charge in [0.15, 0.2) is 0 Å². The first-order chi connectivity index (χ1) is 14.9. The van der Waals surface area contributed by atoms with E-state index in [1.54, 1.807) is 24.3 Å². The first-order valence-electron chi connectivity index (χ1n) is 9.99. The van der Waals surface area contributed by atoms with Gasteiger partial charge in [0.05, 0.1) is 10.6 Å². The SMILES string of the molecule is Cc1cc(Oc2cc(N3CCN(C(=O)c4ccccc4Cl)C(C)C3)ncn2)ccc1Cl. The Morgan fingerprint density at radius 3 is 2.61 bits per heavy atom. The van der Waals surface area contributed by atoms with Crippen LogP contribution >= 0.6 is 23.2 Å². The molecule has 31 heavy (non-hydrogen) atoms. The first kappa shape index (κ1) is 21.4. The summed E-state index contributed by atoms with van der Waals surface area (Å²) >= 11 is 12.3. The maximum atomic E-state index is 13.0. The molecule has 1 fully saturated rings. The Balaban J connectivity index is 1.45. The molecule has 1 aliphatic heterocycles. The zero-order valence-corrected chi connectivity index (χ0v) is 18.8. The van der Waals surface area contributed by atoms with Crippen LogP contribution in [0.2, 0.25) is 10.0 Å². The van der Waals surface area contributed by atoms with Crippen LogP contribution in [0.1, 0.15) is 22.8 Å². The van der Waals surface area contributed by atoms with E-state index >= 15 is 0 Å². The average Bonchev–Trinajstić information content (AvgIpc) is 2.76. The summed E-state index contributed by atoms with van der Waals surface area (Å²) in [4.78, 5) is 25.6. The number of halogens is 2. The standard InChI is InChI=1S/C23H22Cl2N4O2/c1-15-11-17(7-8-19(15)24)31-22-12-21(26-14-27-22)28-9-10-29(16(2)13-28)23(30)18-5-3-4-6-20(18)25/h3-8,11-12,14,16H,9-10,13H2,1-2H3. The number of hydrogen-bond acceptors (Lipinski definition) is 5. The van der Waals surface area contributed by atoms with Crippen molar-refractivity contribution in [3.05, 3.63) is 76.0 Å². The van der Waals surface area contributed by atoms with Crippen LogP contribution in [-0.4, -0.2) is 46.5 Å². The number of carbonyl (C=O) groups is 1. The van der Waals surface area contributed by atoms with Crippen molar-refractivity contribution in [2.75, 3.05) is 24.5 Å². The van der Waals surface area contributed by atoms with Crippen molar-refractivity contribution in [1.29, 1.82) is 0 Å². The van der Waals surface area contributed by atoms with Crippen LogP contribution in [0, 0.1) is 6.92 Å². The van der Waals surface area contributed by atoms with Crippen molar-refractivity contribution in [2.24, 2.45) is 0 Å². The Kier molecular flexibility index (Phi) is 6.30. The van der Waals surface area contributed by atoms with Gasteiger partial charge in [0, 0.05) is 36.8 Å². The van der Waals surface area contributed by atoms with Crippen molar-refractivity contribution in [2.45, 2.75) is 19.9 Å². The molecular weight excluding hydrogens is 435 g/mol. The van der Waals surface area contributed by atoms with E-state index in [9.17, 15) is 4.79 Å². The molecule has 1 atom stereocenters. The largest absolute Gasteiger partial charge is 0.439 e. The number of aromatic nitrogens is 2. The Bertz CT molecular complexity index is 1110. The van der Waals surface area contributed by atoms with Gasteiger partial charge in [0.25, 0.3) is 5.91 Å². The lowest BCUT2D eigenvalue weighted by molar-refractivity contribution is 0.0674. The van der Waals surface area contributed by atoms with Gasteiger partial charge in [0.2, 0.25) is 5.88 Å².